The standard InChI is InChI=1S/C26H34F6/c1-3-4-16(2)17-5-7-18(8-6-17)21-13-22(27)25(23(28)14-21)20-11-9-19(10-12-20)24(29)15-26(30,31)32/h13-20H,3-12H2,1-2H3/b24-15-. The number of halogens is 6. The van der Waals surface area contributed by atoms with Crippen molar-refractivity contribution < 1.29 is 26.3 Å². The summed E-state index contributed by atoms with van der Waals surface area (Å²) >= 11 is 0. The molecule has 0 N–H and O–H groups in total. The van der Waals surface area contributed by atoms with E-state index in [1.165, 1.54) is 25.0 Å². The van der Waals surface area contributed by atoms with Crippen molar-refractivity contribution in [1.82, 2.24) is 0 Å². The van der Waals surface area contributed by atoms with Gasteiger partial charge in [-0.25, -0.2) is 13.2 Å². The fraction of sp³-hybridized carbons (Fsp3) is 0.692. The Labute approximate surface area is 187 Å². The summed E-state index contributed by atoms with van der Waals surface area (Å²) in [6, 6.07) is 2.91. The van der Waals surface area contributed by atoms with E-state index in [-0.39, 0.29) is 43.2 Å². The third kappa shape index (κ3) is 6.32. The van der Waals surface area contributed by atoms with Crippen LogP contribution in [0, 0.1) is 29.4 Å². The highest BCUT2D eigenvalue weighted by Crippen LogP contribution is 2.44. The topological polar surface area (TPSA) is 0 Å². The molecule has 1 atom stereocenters. The molecular formula is C26H34F6. The third-order valence-electron chi connectivity index (χ3n) is 7.72. The minimum Gasteiger partial charge on any atom is -0.212 e. The molecule has 0 aliphatic heterocycles. The second kappa shape index (κ2) is 10.6. The van der Waals surface area contributed by atoms with Gasteiger partial charge in [0.2, 0.25) is 0 Å². The van der Waals surface area contributed by atoms with Gasteiger partial charge in [0.1, 0.15) is 17.5 Å². The number of hydrogen-bond acceptors (Lipinski definition) is 0. The second-order valence-corrected chi connectivity index (χ2v) is 9.90. The lowest BCUT2D eigenvalue weighted by Crippen LogP contribution is -2.20. The SMILES string of the molecule is CCCC(C)C1CCC(c2cc(F)c(C3CCC(/C(F)=C/C(F)(F)F)CC3)c(F)c2)CC1. The van der Waals surface area contributed by atoms with Crippen LogP contribution in [0.5, 0.6) is 0 Å². The summed E-state index contributed by atoms with van der Waals surface area (Å²) < 4.78 is 80.9. The summed E-state index contributed by atoms with van der Waals surface area (Å²) in [7, 11) is 0. The summed E-state index contributed by atoms with van der Waals surface area (Å²) in [5, 5.41) is 0. The largest absolute Gasteiger partial charge is 0.412 e. The van der Waals surface area contributed by atoms with Gasteiger partial charge in [-0.05, 0) is 92.7 Å². The van der Waals surface area contributed by atoms with Crippen LogP contribution in [0.15, 0.2) is 24.0 Å². The number of hydrogen-bond donors (Lipinski definition) is 0. The number of alkyl halides is 3. The van der Waals surface area contributed by atoms with Crippen LogP contribution >= 0.6 is 0 Å². The molecule has 0 bridgehead atoms. The monoisotopic (exact) mass is 460 g/mol. The summed E-state index contributed by atoms with van der Waals surface area (Å²) in [4.78, 5) is 0. The zero-order valence-corrected chi connectivity index (χ0v) is 19.0. The quantitative estimate of drug-likeness (QED) is 0.371. The van der Waals surface area contributed by atoms with Crippen molar-refractivity contribution in [1.29, 1.82) is 0 Å². The molecule has 3 rings (SSSR count). The van der Waals surface area contributed by atoms with E-state index in [1.54, 1.807) is 0 Å². The third-order valence-corrected chi connectivity index (χ3v) is 7.72. The summed E-state index contributed by atoms with van der Waals surface area (Å²) in [6.45, 7) is 4.49. The van der Waals surface area contributed by atoms with Crippen LogP contribution in [0.25, 0.3) is 0 Å². The normalized spacial score (nSPS) is 28.6. The number of benzene rings is 1. The summed E-state index contributed by atoms with van der Waals surface area (Å²) in [6.07, 6.45) is 2.29. The molecule has 1 aromatic rings. The molecule has 2 aliphatic rings. The van der Waals surface area contributed by atoms with Crippen LogP contribution in [0.2, 0.25) is 0 Å². The maximum Gasteiger partial charge on any atom is 0.412 e. The Morgan fingerprint density at radius 3 is 1.97 bits per heavy atom. The molecule has 0 spiro atoms. The Balaban J connectivity index is 1.63. The molecule has 1 unspecified atom stereocenters. The lowest BCUT2D eigenvalue weighted by molar-refractivity contribution is -0.0820. The van der Waals surface area contributed by atoms with Gasteiger partial charge in [-0.3, -0.25) is 0 Å². The van der Waals surface area contributed by atoms with Crippen LogP contribution in [0.1, 0.15) is 101 Å². The molecule has 180 valence electrons. The van der Waals surface area contributed by atoms with Gasteiger partial charge in [0, 0.05) is 11.5 Å². The van der Waals surface area contributed by atoms with E-state index in [2.05, 4.69) is 13.8 Å². The van der Waals surface area contributed by atoms with Crippen LogP contribution in [0.3, 0.4) is 0 Å². The average molecular weight is 461 g/mol. The molecule has 0 radical (unpaired) electrons. The van der Waals surface area contributed by atoms with Gasteiger partial charge >= 0.3 is 6.18 Å². The van der Waals surface area contributed by atoms with Crippen LogP contribution in [-0.2, 0) is 0 Å². The first-order chi connectivity index (χ1) is 15.1. The highest BCUT2D eigenvalue weighted by atomic mass is 19.4. The molecule has 32 heavy (non-hydrogen) atoms. The lowest BCUT2D eigenvalue weighted by Gasteiger charge is -2.33. The van der Waals surface area contributed by atoms with Crippen LogP contribution in [-0.4, -0.2) is 6.18 Å². The van der Waals surface area contributed by atoms with Crippen molar-refractivity contribution in [2.75, 3.05) is 0 Å². The van der Waals surface area contributed by atoms with Crippen molar-refractivity contribution in [2.24, 2.45) is 17.8 Å². The van der Waals surface area contributed by atoms with E-state index in [9.17, 15) is 26.3 Å². The van der Waals surface area contributed by atoms with E-state index in [0.717, 1.165) is 25.7 Å². The maximum absolute atomic E-state index is 15.0. The first-order valence-electron chi connectivity index (χ1n) is 12.0. The first kappa shape index (κ1) is 25.2. The van der Waals surface area contributed by atoms with Crippen molar-refractivity contribution >= 4 is 0 Å². The van der Waals surface area contributed by atoms with Gasteiger partial charge in [-0.2, -0.15) is 13.2 Å². The number of allylic oxidation sites excluding steroid dienone is 2. The summed E-state index contributed by atoms with van der Waals surface area (Å²) in [5.41, 5.74) is 0.718. The van der Waals surface area contributed by atoms with Gasteiger partial charge in [0.05, 0.1) is 6.08 Å². The first-order valence-corrected chi connectivity index (χ1v) is 12.0. The predicted octanol–water partition coefficient (Wildman–Crippen LogP) is 9.36. The van der Waals surface area contributed by atoms with Crippen molar-refractivity contribution in [3.05, 3.63) is 46.8 Å². The molecule has 2 saturated carbocycles. The summed E-state index contributed by atoms with van der Waals surface area (Å²) in [5.74, 6) is -2.06. The average Bonchev–Trinajstić information content (AvgIpc) is 2.73. The van der Waals surface area contributed by atoms with E-state index >= 15 is 0 Å². The molecule has 1 aromatic carbocycles. The molecule has 2 fully saturated rings. The fourth-order valence-electron chi connectivity index (χ4n) is 5.87. The fourth-order valence-corrected chi connectivity index (χ4v) is 5.87. The molecule has 0 nitrogen and oxygen atoms in total. The van der Waals surface area contributed by atoms with Gasteiger partial charge in [0.15, 0.2) is 0 Å². The lowest BCUT2D eigenvalue weighted by atomic mass is 9.72. The minimum atomic E-state index is -4.69. The molecule has 0 saturated heterocycles. The molecular weight excluding hydrogens is 426 g/mol. The molecule has 0 heterocycles. The van der Waals surface area contributed by atoms with Gasteiger partial charge in [-0.15, -0.1) is 0 Å². The van der Waals surface area contributed by atoms with E-state index in [0.29, 0.717) is 17.4 Å². The smallest absolute Gasteiger partial charge is 0.212 e. The van der Waals surface area contributed by atoms with Gasteiger partial charge < -0.3 is 0 Å². The maximum atomic E-state index is 15.0. The minimum absolute atomic E-state index is 0.0117. The highest BCUT2D eigenvalue weighted by molar-refractivity contribution is 5.32. The Kier molecular flexibility index (Phi) is 8.37. The molecule has 0 amide bonds. The van der Waals surface area contributed by atoms with Crippen LogP contribution < -0.4 is 0 Å². The zero-order chi connectivity index (χ0) is 23.5. The van der Waals surface area contributed by atoms with Crippen molar-refractivity contribution in [3.8, 4) is 0 Å². The van der Waals surface area contributed by atoms with Gasteiger partial charge in [-0.1, -0.05) is 26.7 Å². The second-order valence-electron chi connectivity index (χ2n) is 9.90. The predicted molar refractivity (Wildman–Crippen MR) is 115 cm³/mol. The Bertz CT molecular complexity index is 757. The van der Waals surface area contributed by atoms with E-state index in [1.807, 2.05) is 0 Å². The van der Waals surface area contributed by atoms with Crippen molar-refractivity contribution in [3.63, 3.8) is 0 Å². The zero-order valence-electron chi connectivity index (χ0n) is 19.0. The molecule has 0 aromatic heterocycles. The van der Waals surface area contributed by atoms with Gasteiger partial charge in [0.25, 0.3) is 0 Å². The Hall–Kier alpha value is -1.46. The van der Waals surface area contributed by atoms with Crippen LogP contribution in [0.4, 0.5) is 26.3 Å². The van der Waals surface area contributed by atoms with E-state index in [4.69, 9.17) is 0 Å². The Morgan fingerprint density at radius 2 is 1.47 bits per heavy atom. The molecule has 6 heteroatoms. The van der Waals surface area contributed by atoms with Crippen molar-refractivity contribution in [2.45, 2.75) is 96.1 Å². The van der Waals surface area contributed by atoms with E-state index < -0.39 is 35.5 Å². The molecule has 2 aliphatic carbocycles. The number of rotatable bonds is 6. The highest BCUT2D eigenvalue weighted by Gasteiger charge is 2.33. The Morgan fingerprint density at radius 1 is 0.938 bits per heavy atom.